The van der Waals surface area contributed by atoms with Crippen LogP contribution in [0.3, 0.4) is 0 Å². The van der Waals surface area contributed by atoms with E-state index in [2.05, 4.69) is 26.1 Å². The monoisotopic (exact) mass is 376 g/mol. The van der Waals surface area contributed by atoms with Crippen molar-refractivity contribution in [1.29, 1.82) is 0 Å². The number of carbonyl (C=O) groups is 1. The maximum Gasteiger partial charge on any atom is 0.154 e. The Morgan fingerprint density at radius 3 is 2.11 bits per heavy atom. The average Bonchev–Trinajstić information content (AvgIpc) is 2.71. The highest BCUT2D eigenvalue weighted by atomic mass is 16.7. The number of hydrogen-bond acceptors (Lipinski definition) is 3. The van der Waals surface area contributed by atoms with Crippen molar-refractivity contribution in [3.05, 3.63) is 48.6 Å². The van der Waals surface area contributed by atoms with Gasteiger partial charge in [-0.05, 0) is 51.0 Å². The lowest BCUT2D eigenvalue weighted by Gasteiger charge is -2.31. The maximum atomic E-state index is 11.0. The topological polar surface area (TPSA) is 35.5 Å². The van der Waals surface area contributed by atoms with Crippen LogP contribution in [-0.2, 0) is 15.9 Å². The Morgan fingerprint density at radius 2 is 1.59 bits per heavy atom. The highest BCUT2D eigenvalue weighted by Gasteiger charge is 2.24. The van der Waals surface area contributed by atoms with Crippen LogP contribution in [0.15, 0.2) is 37.4 Å². The Balaban J connectivity index is 0.000000574. The fourth-order valence-electron chi connectivity index (χ4n) is 3.73. The molecule has 0 spiro atoms. The molecule has 1 aliphatic carbocycles. The van der Waals surface area contributed by atoms with Crippen LogP contribution in [0.4, 0.5) is 0 Å². The third kappa shape index (κ3) is 10.5. The van der Waals surface area contributed by atoms with Crippen LogP contribution < -0.4 is 0 Å². The molecule has 0 aromatic heterocycles. The predicted molar refractivity (Wildman–Crippen MR) is 115 cm³/mol. The van der Waals surface area contributed by atoms with E-state index < -0.39 is 0 Å². The van der Waals surface area contributed by atoms with Gasteiger partial charge in [0, 0.05) is 18.8 Å². The molecule has 2 atom stereocenters. The first-order chi connectivity index (χ1) is 13.2. The normalized spacial score (nSPS) is 18.7. The van der Waals surface area contributed by atoms with Crippen molar-refractivity contribution in [2.24, 2.45) is 11.8 Å². The quantitative estimate of drug-likeness (QED) is 0.296. The van der Waals surface area contributed by atoms with Crippen molar-refractivity contribution in [1.82, 2.24) is 0 Å². The zero-order valence-corrected chi connectivity index (χ0v) is 17.9. The van der Waals surface area contributed by atoms with E-state index in [0.717, 1.165) is 43.3 Å². The standard InChI is InChI=1S/C16H22O.C6H14O2.C2H4/c1-2-13-7-3-4-8-14(13)11-15-9-5-6-10-16(15)12-17;1-4-7-6(3)8-5-2;1-2/h5-6,9-10,12-14H,2-4,7-8,11H2,1H3;6H,4-5H2,1-3H3;1-2H2. The summed E-state index contributed by atoms with van der Waals surface area (Å²) in [7, 11) is 0. The second-order valence-electron chi connectivity index (χ2n) is 6.71. The van der Waals surface area contributed by atoms with Gasteiger partial charge in [-0.1, -0.05) is 56.9 Å². The van der Waals surface area contributed by atoms with Crippen molar-refractivity contribution in [2.45, 2.75) is 72.5 Å². The van der Waals surface area contributed by atoms with Gasteiger partial charge in [0.05, 0.1) is 0 Å². The number of ether oxygens (including phenoxy) is 2. The minimum Gasteiger partial charge on any atom is -0.353 e. The van der Waals surface area contributed by atoms with Gasteiger partial charge in [-0.15, -0.1) is 13.2 Å². The van der Waals surface area contributed by atoms with E-state index in [9.17, 15) is 4.79 Å². The number of aldehydes is 1. The maximum absolute atomic E-state index is 11.0. The number of rotatable bonds is 8. The summed E-state index contributed by atoms with van der Waals surface area (Å²) in [4.78, 5) is 11.0. The molecule has 0 aliphatic heterocycles. The minimum atomic E-state index is -0.0370. The molecular weight excluding hydrogens is 336 g/mol. The van der Waals surface area contributed by atoms with E-state index in [1.807, 2.05) is 39.0 Å². The van der Waals surface area contributed by atoms with Gasteiger partial charge in [0.15, 0.2) is 6.29 Å². The zero-order chi connectivity index (χ0) is 20.5. The van der Waals surface area contributed by atoms with E-state index >= 15 is 0 Å². The SMILES string of the molecule is C=C.CCC1CCCCC1Cc1ccccc1C=O.CCOC(C)OCC. The summed E-state index contributed by atoms with van der Waals surface area (Å²) in [6.45, 7) is 15.6. The van der Waals surface area contributed by atoms with Crippen LogP contribution in [0.25, 0.3) is 0 Å². The van der Waals surface area contributed by atoms with Gasteiger partial charge in [-0.25, -0.2) is 0 Å². The van der Waals surface area contributed by atoms with Gasteiger partial charge >= 0.3 is 0 Å². The van der Waals surface area contributed by atoms with Crippen LogP contribution >= 0.6 is 0 Å². The second-order valence-corrected chi connectivity index (χ2v) is 6.71. The minimum absolute atomic E-state index is 0.0370. The number of benzene rings is 1. The van der Waals surface area contributed by atoms with Gasteiger partial charge in [0.25, 0.3) is 0 Å². The van der Waals surface area contributed by atoms with Crippen molar-refractivity contribution in [3.63, 3.8) is 0 Å². The molecule has 0 bridgehead atoms. The molecule has 1 saturated carbocycles. The fraction of sp³-hybridized carbons (Fsp3) is 0.625. The van der Waals surface area contributed by atoms with Crippen LogP contribution in [0.5, 0.6) is 0 Å². The van der Waals surface area contributed by atoms with E-state index in [1.165, 1.54) is 37.7 Å². The van der Waals surface area contributed by atoms with E-state index in [1.54, 1.807) is 0 Å². The first-order valence-electron chi connectivity index (χ1n) is 10.4. The molecule has 0 saturated heterocycles. The molecule has 0 N–H and O–H groups in total. The molecular formula is C24H40O3. The fourth-order valence-corrected chi connectivity index (χ4v) is 3.73. The number of carbonyl (C=O) groups excluding carboxylic acids is 1. The second kappa shape index (κ2) is 16.7. The number of hydrogen-bond donors (Lipinski definition) is 0. The van der Waals surface area contributed by atoms with Crippen molar-refractivity contribution in [2.75, 3.05) is 13.2 Å². The van der Waals surface area contributed by atoms with Gasteiger partial charge in [-0.3, -0.25) is 4.79 Å². The van der Waals surface area contributed by atoms with Gasteiger partial charge in [0.1, 0.15) is 6.29 Å². The van der Waals surface area contributed by atoms with E-state index in [4.69, 9.17) is 9.47 Å². The largest absolute Gasteiger partial charge is 0.353 e. The summed E-state index contributed by atoms with van der Waals surface area (Å²) in [5, 5.41) is 0. The van der Waals surface area contributed by atoms with Crippen LogP contribution in [0.2, 0.25) is 0 Å². The molecule has 3 heteroatoms. The highest BCUT2D eigenvalue weighted by molar-refractivity contribution is 5.77. The Kier molecular flexibility index (Phi) is 15.8. The van der Waals surface area contributed by atoms with Gasteiger partial charge in [0.2, 0.25) is 0 Å². The molecule has 3 nitrogen and oxygen atoms in total. The molecule has 1 aliphatic rings. The third-order valence-corrected chi connectivity index (χ3v) is 5.06. The Bertz CT molecular complexity index is 480. The lowest BCUT2D eigenvalue weighted by molar-refractivity contribution is -0.123. The summed E-state index contributed by atoms with van der Waals surface area (Å²) >= 11 is 0. The van der Waals surface area contributed by atoms with Gasteiger partial charge in [-0.2, -0.15) is 0 Å². The Labute approximate surface area is 167 Å². The summed E-state index contributed by atoms with van der Waals surface area (Å²) in [6.07, 6.45) is 8.82. The average molecular weight is 377 g/mol. The van der Waals surface area contributed by atoms with Crippen LogP contribution in [-0.4, -0.2) is 25.8 Å². The zero-order valence-electron chi connectivity index (χ0n) is 17.9. The molecule has 1 aromatic rings. The van der Waals surface area contributed by atoms with Crippen molar-refractivity contribution in [3.8, 4) is 0 Å². The van der Waals surface area contributed by atoms with Crippen molar-refractivity contribution >= 4 is 6.29 Å². The Hall–Kier alpha value is -1.45. The molecule has 1 aromatic carbocycles. The molecule has 2 unspecified atom stereocenters. The molecule has 0 amide bonds. The van der Waals surface area contributed by atoms with E-state index in [0.29, 0.717) is 0 Å². The molecule has 0 heterocycles. The predicted octanol–water partition coefficient (Wildman–Crippen LogP) is 6.47. The molecule has 0 radical (unpaired) electrons. The first-order valence-corrected chi connectivity index (χ1v) is 10.4. The smallest absolute Gasteiger partial charge is 0.154 e. The van der Waals surface area contributed by atoms with Gasteiger partial charge < -0.3 is 9.47 Å². The third-order valence-electron chi connectivity index (χ3n) is 5.06. The first kappa shape index (κ1) is 25.6. The molecule has 1 fully saturated rings. The molecule has 2 rings (SSSR count). The summed E-state index contributed by atoms with van der Waals surface area (Å²) < 4.78 is 10.1. The lowest BCUT2D eigenvalue weighted by Crippen LogP contribution is -2.21. The lowest BCUT2D eigenvalue weighted by atomic mass is 9.74. The van der Waals surface area contributed by atoms with E-state index in [-0.39, 0.29) is 6.29 Å². The molecule has 27 heavy (non-hydrogen) atoms. The summed E-state index contributed by atoms with van der Waals surface area (Å²) in [5.41, 5.74) is 2.13. The van der Waals surface area contributed by atoms with Crippen LogP contribution in [0, 0.1) is 11.8 Å². The van der Waals surface area contributed by atoms with Crippen LogP contribution in [0.1, 0.15) is 75.7 Å². The highest BCUT2D eigenvalue weighted by Crippen LogP contribution is 2.34. The van der Waals surface area contributed by atoms with Crippen molar-refractivity contribution < 1.29 is 14.3 Å². The summed E-state index contributed by atoms with van der Waals surface area (Å²) in [6, 6.07) is 8.05. The summed E-state index contributed by atoms with van der Waals surface area (Å²) in [5.74, 6) is 1.65. The molecule has 154 valence electrons. The Morgan fingerprint density at radius 1 is 1.04 bits per heavy atom.